The van der Waals surface area contributed by atoms with E-state index in [1.165, 1.54) is 5.56 Å². The largest absolute Gasteiger partial charge is 0.347 e. The van der Waals surface area contributed by atoms with E-state index in [0.29, 0.717) is 0 Å². The van der Waals surface area contributed by atoms with Crippen molar-refractivity contribution < 1.29 is 4.79 Å². The highest BCUT2D eigenvalue weighted by molar-refractivity contribution is 7.97. The monoisotopic (exact) mass is 330 g/mol. The molecule has 1 saturated heterocycles. The average Bonchev–Trinajstić information content (AvgIpc) is 3.10. The maximum Gasteiger partial charge on any atom is 0.322 e. The van der Waals surface area contributed by atoms with Gasteiger partial charge in [-0.25, -0.2) is 9.78 Å². The Hall–Kier alpha value is -1.95. The minimum atomic E-state index is -0.0487. The van der Waals surface area contributed by atoms with E-state index in [1.54, 1.807) is 18.0 Å². The van der Waals surface area contributed by atoms with E-state index in [0.717, 1.165) is 43.1 Å². The lowest BCUT2D eigenvalue weighted by atomic mass is 10.0. The van der Waals surface area contributed by atoms with Gasteiger partial charge in [-0.1, -0.05) is 12.1 Å². The summed E-state index contributed by atoms with van der Waals surface area (Å²) in [5.74, 6) is 1.82. The molecule has 1 fully saturated rings. The van der Waals surface area contributed by atoms with Crippen molar-refractivity contribution in [1.29, 1.82) is 0 Å². The van der Waals surface area contributed by atoms with Crippen molar-refractivity contribution in [3.05, 3.63) is 48.0 Å². The lowest BCUT2D eigenvalue weighted by molar-refractivity contribution is 0.160. The van der Waals surface area contributed by atoms with Gasteiger partial charge in [0.05, 0.1) is 6.04 Å². The van der Waals surface area contributed by atoms with Crippen molar-refractivity contribution in [3.63, 3.8) is 0 Å². The highest BCUT2D eigenvalue weighted by atomic mass is 32.2. The van der Waals surface area contributed by atoms with Gasteiger partial charge < -0.3 is 15.2 Å². The highest BCUT2D eigenvalue weighted by Gasteiger charge is 2.29. The van der Waals surface area contributed by atoms with Gasteiger partial charge >= 0.3 is 6.03 Å². The highest BCUT2D eigenvalue weighted by Crippen LogP contribution is 2.29. The number of amides is 2. The second-order valence-electron chi connectivity index (χ2n) is 5.74. The molecule has 0 spiro atoms. The number of aromatic amines is 1. The second kappa shape index (κ2) is 7.55. The van der Waals surface area contributed by atoms with Crippen LogP contribution in [0.4, 0.5) is 10.5 Å². The summed E-state index contributed by atoms with van der Waals surface area (Å²) >= 11 is 1.77. The summed E-state index contributed by atoms with van der Waals surface area (Å²) in [7, 11) is 0. The number of carbonyl (C=O) groups excluding carboxylic acids is 1. The molecule has 6 heteroatoms. The number of benzene rings is 1. The van der Waals surface area contributed by atoms with Crippen LogP contribution in [0.5, 0.6) is 0 Å². The zero-order chi connectivity index (χ0) is 16.1. The van der Waals surface area contributed by atoms with E-state index in [9.17, 15) is 4.79 Å². The molecule has 2 aromatic rings. The number of likely N-dealkylation sites (tertiary alicyclic amines) is 1. The molecule has 0 saturated carbocycles. The second-order valence-corrected chi connectivity index (χ2v) is 6.61. The minimum absolute atomic E-state index is 0.0353. The van der Waals surface area contributed by atoms with Gasteiger partial charge in [-0.3, -0.25) is 0 Å². The van der Waals surface area contributed by atoms with Gasteiger partial charge in [-0.05, 0) is 43.2 Å². The summed E-state index contributed by atoms with van der Waals surface area (Å²) in [4.78, 5) is 22.1. The molecule has 1 aromatic carbocycles. The molecule has 0 unspecified atom stereocenters. The van der Waals surface area contributed by atoms with Crippen LogP contribution < -0.4 is 5.32 Å². The normalized spacial score (nSPS) is 18.0. The minimum Gasteiger partial charge on any atom is -0.347 e. The van der Waals surface area contributed by atoms with Crippen LogP contribution in [-0.2, 0) is 5.75 Å². The number of imidazole rings is 1. The number of hydrogen-bond donors (Lipinski definition) is 2. The molecular weight excluding hydrogens is 308 g/mol. The van der Waals surface area contributed by atoms with Crippen LogP contribution in [0.25, 0.3) is 0 Å². The summed E-state index contributed by atoms with van der Waals surface area (Å²) in [5.41, 5.74) is 2.07. The maximum atomic E-state index is 12.7. The Morgan fingerprint density at radius 1 is 1.48 bits per heavy atom. The predicted molar refractivity (Wildman–Crippen MR) is 94.6 cm³/mol. The van der Waals surface area contributed by atoms with E-state index in [1.807, 2.05) is 29.3 Å². The summed E-state index contributed by atoms with van der Waals surface area (Å²) < 4.78 is 0. The van der Waals surface area contributed by atoms with Gasteiger partial charge in [-0.15, -0.1) is 0 Å². The Kier molecular flexibility index (Phi) is 5.23. The molecule has 1 aromatic heterocycles. The Morgan fingerprint density at radius 3 is 3.17 bits per heavy atom. The van der Waals surface area contributed by atoms with Crippen LogP contribution in [0.2, 0.25) is 0 Å². The molecular formula is C17H22N4OS. The first-order valence-electron chi connectivity index (χ1n) is 7.92. The van der Waals surface area contributed by atoms with Gasteiger partial charge in [0.25, 0.3) is 0 Å². The van der Waals surface area contributed by atoms with Gasteiger partial charge in [0.2, 0.25) is 0 Å². The standard InChI is InChI=1S/C17H22N4OS/c1-23-12-13-5-4-6-14(11-13)20-17(22)21-10-3-2-7-15(21)16-18-8-9-19-16/h4-6,8-9,11,15H,2-3,7,10,12H2,1H3,(H,18,19)(H,20,22)/t15-/m0/s1. The molecule has 5 nitrogen and oxygen atoms in total. The lowest BCUT2D eigenvalue weighted by Crippen LogP contribution is -2.41. The fourth-order valence-electron chi connectivity index (χ4n) is 3.02. The number of urea groups is 1. The number of nitrogens with zero attached hydrogens (tertiary/aromatic N) is 2. The first-order chi connectivity index (χ1) is 11.3. The van der Waals surface area contributed by atoms with Crippen molar-refractivity contribution in [2.75, 3.05) is 18.1 Å². The molecule has 2 amide bonds. The first kappa shape index (κ1) is 15.9. The van der Waals surface area contributed by atoms with E-state index < -0.39 is 0 Å². The Bertz CT molecular complexity index is 644. The van der Waals surface area contributed by atoms with E-state index >= 15 is 0 Å². The fraction of sp³-hybridized carbons (Fsp3) is 0.412. The summed E-state index contributed by atoms with van der Waals surface area (Å²) in [6.07, 6.45) is 8.74. The van der Waals surface area contributed by atoms with E-state index in [-0.39, 0.29) is 12.1 Å². The molecule has 1 atom stereocenters. The number of hydrogen-bond acceptors (Lipinski definition) is 3. The van der Waals surface area contributed by atoms with Gasteiger partial charge in [0.1, 0.15) is 5.82 Å². The number of thioether (sulfide) groups is 1. The smallest absolute Gasteiger partial charge is 0.322 e. The number of aromatic nitrogens is 2. The summed E-state index contributed by atoms with van der Waals surface area (Å²) in [5, 5.41) is 3.04. The van der Waals surface area contributed by atoms with Crippen molar-refractivity contribution >= 4 is 23.5 Å². The Balaban J connectivity index is 1.72. The Labute approximate surface area is 140 Å². The van der Waals surface area contributed by atoms with Crippen molar-refractivity contribution in [2.24, 2.45) is 0 Å². The van der Waals surface area contributed by atoms with Crippen LogP contribution in [0, 0.1) is 0 Å². The first-order valence-corrected chi connectivity index (χ1v) is 9.32. The molecule has 122 valence electrons. The van der Waals surface area contributed by atoms with Crippen LogP contribution in [0.3, 0.4) is 0 Å². The molecule has 1 aliphatic heterocycles. The zero-order valence-electron chi connectivity index (χ0n) is 13.3. The number of piperidine rings is 1. The lowest BCUT2D eigenvalue weighted by Gasteiger charge is -2.34. The van der Waals surface area contributed by atoms with Gasteiger partial charge in [0.15, 0.2) is 0 Å². The van der Waals surface area contributed by atoms with Crippen molar-refractivity contribution in [2.45, 2.75) is 31.1 Å². The third-order valence-electron chi connectivity index (χ3n) is 4.09. The molecule has 1 aliphatic rings. The van der Waals surface area contributed by atoms with Crippen LogP contribution in [0.1, 0.15) is 36.7 Å². The molecule has 2 N–H and O–H groups in total. The third kappa shape index (κ3) is 3.88. The number of H-pyrrole nitrogens is 1. The molecule has 0 bridgehead atoms. The number of nitrogens with one attached hydrogen (secondary N) is 2. The number of carbonyl (C=O) groups is 1. The molecule has 2 heterocycles. The van der Waals surface area contributed by atoms with Crippen molar-refractivity contribution in [3.8, 4) is 0 Å². The fourth-order valence-corrected chi connectivity index (χ4v) is 3.53. The SMILES string of the molecule is CSCc1cccc(NC(=O)N2CCCC[C@H]2c2ncc[nH]2)c1. The average molecular weight is 330 g/mol. The van der Waals surface area contributed by atoms with E-state index in [2.05, 4.69) is 27.6 Å². The quantitative estimate of drug-likeness (QED) is 0.889. The van der Waals surface area contributed by atoms with Gasteiger partial charge in [0, 0.05) is 30.4 Å². The third-order valence-corrected chi connectivity index (χ3v) is 4.71. The topological polar surface area (TPSA) is 61.0 Å². The zero-order valence-corrected chi connectivity index (χ0v) is 14.1. The van der Waals surface area contributed by atoms with Crippen LogP contribution in [0.15, 0.2) is 36.7 Å². The van der Waals surface area contributed by atoms with Crippen LogP contribution in [-0.4, -0.2) is 33.7 Å². The van der Waals surface area contributed by atoms with Gasteiger partial charge in [-0.2, -0.15) is 11.8 Å². The molecule has 0 aliphatic carbocycles. The maximum absolute atomic E-state index is 12.7. The van der Waals surface area contributed by atoms with Crippen molar-refractivity contribution in [1.82, 2.24) is 14.9 Å². The molecule has 0 radical (unpaired) electrons. The number of anilines is 1. The summed E-state index contributed by atoms with van der Waals surface area (Å²) in [6.45, 7) is 0.766. The number of rotatable bonds is 4. The predicted octanol–water partition coefficient (Wildman–Crippen LogP) is 4.03. The Morgan fingerprint density at radius 2 is 2.39 bits per heavy atom. The molecule has 23 heavy (non-hydrogen) atoms. The van der Waals surface area contributed by atoms with Crippen LogP contribution >= 0.6 is 11.8 Å². The summed E-state index contributed by atoms with van der Waals surface area (Å²) in [6, 6.07) is 8.04. The van der Waals surface area contributed by atoms with E-state index in [4.69, 9.17) is 0 Å². The molecule has 3 rings (SSSR count).